The lowest BCUT2D eigenvalue weighted by atomic mass is 9.99. The fourth-order valence-corrected chi connectivity index (χ4v) is 6.85. The van der Waals surface area contributed by atoms with E-state index in [2.05, 4.69) is 5.32 Å². The minimum atomic E-state index is -3.42. The van der Waals surface area contributed by atoms with Crippen LogP contribution < -0.4 is 5.32 Å². The van der Waals surface area contributed by atoms with Crippen molar-refractivity contribution in [3.8, 4) is 0 Å². The summed E-state index contributed by atoms with van der Waals surface area (Å²) in [7, 11) is -3.42. The fraction of sp³-hybridized carbons (Fsp3) is 0.632. The van der Waals surface area contributed by atoms with Crippen LogP contribution in [0, 0.1) is 0 Å². The molecule has 3 heterocycles. The summed E-state index contributed by atoms with van der Waals surface area (Å²) < 4.78 is 34.0. The largest absolute Gasteiger partial charge is 0.365 e. The molecule has 0 saturated carbocycles. The highest BCUT2D eigenvalue weighted by molar-refractivity contribution is 7.90. The Balaban J connectivity index is 1.50. The van der Waals surface area contributed by atoms with Crippen LogP contribution in [-0.2, 0) is 21.2 Å². The molecule has 1 N–H and O–H groups in total. The molecule has 3 saturated heterocycles. The molecule has 148 valence electrons. The molecule has 0 aliphatic carbocycles. The topological polar surface area (TPSA) is 79.0 Å². The van der Waals surface area contributed by atoms with Gasteiger partial charge in [0.1, 0.15) is 10.9 Å². The molecular weight excluding hydrogens is 366 g/mol. The third-order valence-electron chi connectivity index (χ3n) is 5.70. The van der Waals surface area contributed by atoms with Crippen LogP contribution in [0.1, 0.15) is 25.8 Å². The van der Waals surface area contributed by atoms with Crippen molar-refractivity contribution in [2.75, 3.05) is 26.2 Å². The molecule has 3 atom stereocenters. The van der Waals surface area contributed by atoms with Gasteiger partial charge in [-0.05, 0) is 32.3 Å². The van der Waals surface area contributed by atoms with E-state index in [9.17, 15) is 13.2 Å². The number of benzene rings is 1. The summed E-state index contributed by atoms with van der Waals surface area (Å²) in [5, 5.41) is 2.35. The van der Waals surface area contributed by atoms with Gasteiger partial charge in [0, 0.05) is 25.7 Å². The molecule has 0 radical (unpaired) electrons. The van der Waals surface area contributed by atoms with Crippen LogP contribution in [0.5, 0.6) is 0 Å². The van der Waals surface area contributed by atoms with E-state index in [1.807, 2.05) is 44.2 Å². The number of carbonyl (C=O) groups excluding carboxylic acids is 1. The highest BCUT2D eigenvalue weighted by Crippen LogP contribution is 2.46. The average molecular weight is 394 g/mol. The second-order valence-corrected chi connectivity index (χ2v) is 10.2. The molecule has 0 aromatic heterocycles. The van der Waals surface area contributed by atoms with Crippen molar-refractivity contribution in [2.45, 2.75) is 49.7 Å². The molecule has 8 heteroatoms. The smallest absolute Gasteiger partial charge is 0.317 e. The minimum absolute atomic E-state index is 0.0426. The zero-order valence-corrected chi connectivity index (χ0v) is 16.6. The van der Waals surface area contributed by atoms with Crippen LogP contribution in [0.3, 0.4) is 0 Å². The zero-order chi connectivity index (χ0) is 19.2. The summed E-state index contributed by atoms with van der Waals surface area (Å²) in [5.41, 5.74) is 0.315. The molecule has 1 aromatic carbocycles. The van der Waals surface area contributed by atoms with Crippen molar-refractivity contribution < 1.29 is 17.9 Å². The van der Waals surface area contributed by atoms with Crippen molar-refractivity contribution in [3.63, 3.8) is 0 Å². The second kappa shape index (κ2) is 6.76. The van der Waals surface area contributed by atoms with Crippen LogP contribution in [0.15, 0.2) is 30.3 Å². The maximum absolute atomic E-state index is 13.1. The van der Waals surface area contributed by atoms with Crippen molar-refractivity contribution in [3.05, 3.63) is 35.9 Å². The van der Waals surface area contributed by atoms with Gasteiger partial charge in [0.2, 0.25) is 10.0 Å². The van der Waals surface area contributed by atoms with Crippen LogP contribution in [0.25, 0.3) is 0 Å². The van der Waals surface area contributed by atoms with Gasteiger partial charge < -0.3 is 15.0 Å². The number of rotatable bonds is 4. The molecule has 1 aromatic rings. The lowest BCUT2D eigenvalue weighted by molar-refractivity contribution is -0.0955. The van der Waals surface area contributed by atoms with Gasteiger partial charge in [0.05, 0.1) is 12.6 Å². The highest BCUT2D eigenvalue weighted by atomic mass is 32.2. The standard InChI is InChI=1S/C19H27N3O4S/c1-14(2)20-18(23)21-11-16-10-17-19(12-21,26-16)13-22(27(17,24)25)9-8-15-6-4-3-5-7-15/h3-7,14,16-17H,8-13H2,1-2H3,(H,20,23)/t16-,17+,19+/m1/s1. The monoisotopic (exact) mass is 393 g/mol. The van der Waals surface area contributed by atoms with E-state index in [4.69, 9.17) is 4.74 Å². The Labute approximate surface area is 160 Å². The van der Waals surface area contributed by atoms with Gasteiger partial charge in [-0.15, -0.1) is 0 Å². The quantitative estimate of drug-likeness (QED) is 0.834. The highest BCUT2D eigenvalue weighted by Gasteiger charge is 2.65. The number of carbonyl (C=O) groups is 1. The number of hydrogen-bond donors (Lipinski definition) is 1. The van der Waals surface area contributed by atoms with Crippen LogP contribution in [-0.4, -0.2) is 72.8 Å². The summed E-state index contributed by atoms with van der Waals surface area (Å²) in [6, 6.07) is 9.79. The van der Waals surface area contributed by atoms with Crippen molar-refractivity contribution in [1.29, 1.82) is 0 Å². The van der Waals surface area contributed by atoms with Crippen molar-refractivity contribution in [2.24, 2.45) is 0 Å². The number of amides is 2. The summed E-state index contributed by atoms with van der Waals surface area (Å²) in [6.07, 6.45) is 0.937. The predicted molar refractivity (Wildman–Crippen MR) is 102 cm³/mol. The molecule has 2 bridgehead atoms. The second-order valence-electron chi connectivity index (χ2n) is 8.13. The predicted octanol–water partition coefficient (Wildman–Crippen LogP) is 1.20. The van der Waals surface area contributed by atoms with E-state index >= 15 is 0 Å². The molecule has 1 spiro atoms. The van der Waals surface area contributed by atoms with E-state index in [-0.39, 0.29) is 18.2 Å². The Hall–Kier alpha value is -1.64. The number of nitrogens with zero attached hydrogens (tertiary/aromatic N) is 2. The van der Waals surface area contributed by atoms with Gasteiger partial charge >= 0.3 is 6.03 Å². The fourth-order valence-electron chi connectivity index (χ4n) is 4.54. The molecule has 0 unspecified atom stereocenters. The summed E-state index contributed by atoms with van der Waals surface area (Å²) in [6.45, 7) is 5.38. The van der Waals surface area contributed by atoms with Crippen molar-refractivity contribution in [1.82, 2.24) is 14.5 Å². The first-order valence-corrected chi connectivity index (χ1v) is 11.1. The Morgan fingerprint density at radius 1 is 1.30 bits per heavy atom. The van der Waals surface area contributed by atoms with Crippen molar-refractivity contribution >= 4 is 16.1 Å². The number of hydrogen-bond acceptors (Lipinski definition) is 4. The molecule has 3 fully saturated rings. The Morgan fingerprint density at radius 3 is 2.74 bits per heavy atom. The SMILES string of the molecule is CC(C)NC(=O)N1C[C@H]2C[C@H]3[C@](C1)(CN(CCc1ccccc1)S3(=O)=O)O2. The molecule has 3 aliphatic heterocycles. The van der Waals surface area contributed by atoms with E-state index in [1.165, 1.54) is 0 Å². The van der Waals surface area contributed by atoms with Gasteiger partial charge in [0.15, 0.2) is 0 Å². The van der Waals surface area contributed by atoms with E-state index in [0.29, 0.717) is 39.0 Å². The number of morpholine rings is 1. The van der Waals surface area contributed by atoms with Gasteiger partial charge in [-0.3, -0.25) is 0 Å². The Bertz CT molecular complexity index is 814. The lowest BCUT2D eigenvalue weighted by Gasteiger charge is -2.39. The summed E-state index contributed by atoms with van der Waals surface area (Å²) in [4.78, 5) is 14.2. The maximum atomic E-state index is 13.1. The van der Waals surface area contributed by atoms with Gasteiger partial charge in [-0.2, -0.15) is 4.31 Å². The third kappa shape index (κ3) is 3.34. The van der Waals surface area contributed by atoms with Crippen LogP contribution in [0.2, 0.25) is 0 Å². The Kier molecular flexibility index (Phi) is 4.68. The average Bonchev–Trinajstić information content (AvgIpc) is 2.99. The maximum Gasteiger partial charge on any atom is 0.317 e. The number of likely N-dealkylation sites (tertiary alicyclic amines) is 1. The minimum Gasteiger partial charge on any atom is -0.365 e. The lowest BCUT2D eigenvalue weighted by Crippen LogP contribution is -2.58. The number of fused-ring (bicyclic) bond motifs is 1. The first-order chi connectivity index (χ1) is 12.8. The molecule has 7 nitrogen and oxygen atoms in total. The molecular formula is C19H27N3O4S. The summed E-state index contributed by atoms with van der Waals surface area (Å²) >= 11 is 0. The third-order valence-corrected chi connectivity index (χ3v) is 8.08. The van der Waals surface area contributed by atoms with E-state index < -0.39 is 20.9 Å². The molecule has 4 rings (SSSR count). The zero-order valence-electron chi connectivity index (χ0n) is 15.8. The van der Waals surface area contributed by atoms with E-state index in [1.54, 1.807) is 9.21 Å². The number of urea groups is 1. The molecule has 2 amide bonds. The van der Waals surface area contributed by atoms with Gasteiger partial charge in [-0.25, -0.2) is 13.2 Å². The normalized spacial score (nSPS) is 31.9. The number of sulfonamides is 1. The number of nitrogens with one attached hydrogen (secondary N) is 1. The Morgan fingerprint density at radius 2 is 2.04 bits per heavy atom. The molecule has 3 aliphatic rings. The van der Waals surface area contributed by atoms with Gasteiger partial charge in [0.25, 0.3) is 0 Å². The first kappa shape index (κ1) is 18.7. The van der Waals surface area contributed by atoms with Crippen LogP contribution >= 0.6 is 0 Å². The number of ether oxygens (including phenoxy) is 1. The first-order valence-electron chi connectivity index (χ1n) is 9.56. The van der Waals surface area contributed by atoms with E-state index in [0.717, 1.165) is 5.56 Å². The summed E-state index contributed by atoms with van der Waals surface area (Å²) in [5.74, 6) is 0. The van der Waals surface area contributed by atoms with Gasteiger partial charge in [-0.1, -0.05) is 30.3 Å². The van der Waals surface area contributed by atoms with Crippen LogP contribution in [0.4, 0.5) is 4.79 Å². The molecule has 27 heavy (non-hydrogen) atoms.